The molecule has 0 amide bonds. The van der Waals surface area contributed by atoms with E-state index in [4.69, 9.17) is 10.2 Å². The van der Waals surface area contributed by atoms with Crippen LogP contribution in [0.15, 0.2) is 12.3 Å². The highest BCUT2D eigenvalue weighted by molar-refractivity contribution is 5.66. The quantitative estimate of drug-likeness (QED) is 0.365. The molecule has 0 fully saturated rings. The van der Waals surface area contributed by atoms with Crippen LogP contribution in [0.25, 0.3) is 6.08 Å². The Kier molecular flexibility index (Phi) is 14.7. The third kappa shape index (κ3) is 11.5. The average Bonchev–Trinajstić information content (AvgIpc) is 2.69. The van der Waals surface area contributed by atoms with E-state index < -0.39 is 12.1 Å². The van der Waals surface area contributed by atoms with Crippen molar-refractivity contribution >= 4 is 17.9 Å². The molecule has 0 saturated carbocycles. The molecule has 1 aromatic rings. The number of unbranched alkanes of at least 4 members (excludes halogenated alkanes) is 2. The second kappa shape index (κ2) is 15.8. The van der Waals surface area contributed by atoms with Crippen molar-refractivity contribution in [2.75, 3.05) is 26.1 Å². The minimum absolute atomic E-state index is 0.00932. The molecule has 0 aromatic carbocycles. The van der Waals surface area contributed by atoms with Gasteiger partial charge in [0.2, 0.25) is 0 Å². The second-order valence-corrected chi connectivity index (χ2v) is 6.98. The molecule has 2 atom stereocenters. The summed E-state index contributed by atoms with van der Waals surface area (Å²) in [5.74, 6) is -0.215. The van der Waals surface area contributed by atoms with E-state index in [1.807, 2.05) is 25.1 Å². The summed E-state index contributed by atoms with van der Waals surface area (Å²) < 4.78 is 0. The Bertz CT molecular complexity index is 608. The monoisotopic (exact) mass is 411 g/mol. The predicted molar refractivity (Wildman–Crippen MR) is 115 cm³/mol. The highest BCUT2D eigenvalue weighted by Gasteiger charge is 2.16. The standard InChI is InChI=1S/C20H33N3O4.CH4O/c1-4-5-6-9-15(24)10-7-11-16-20(17(25)12-8-13-19(26)27)21-14-18(22-16)23(2)3;1-2/h7,11,14-15,17,24-25H,4-6,8-10,12-13H2,1-3H3,(H,26,27);2H,1H3/b11-7+;. The Morgan fingerprint density at radius 2 is 1.86 bits per heavy atom. The van der Waals surface area contributed by atoms with E-state index in [9.17, 15) is 15.0 Å². The van der Waals surface area contributed by atoms with Crippen molar-refractivity contribution < 1.29 is 25.2 Å². The van der Waals surface area contributed by atoms with Crippen LogP contribution >= 0.6 is 0 Å². The number of carboxylic acid groups (broad SMARTS) is 1. The molecule has 0 aliphatic carbocycles. The van der Waals surface area contributed by atoms with E-state index >= 15 is 0 Å². The molecule has 1 rings (SSSR count). The van der Waals surface area contributed by atoms with Crippen LogP contribution in [0.2, 0.25) is 0 Å². The van der Waals surface area contributed by atoms with Gasteiger partial charge in [0, 0.05) is 27.6 Å². The summed E-state index contributed by atoms with van der Waals surface area (Å²) >= 11 is 0. The van der Waals surface area contributed by atoms with Gasteiger partial charge in [0.15, 0.2) is 0 Å². The van der Waals surface area contributed by atoms with E-state index in [2.05, 4.69) is 16.9 Å². The first-order chi connectivity index (χ1) is 13.8. The number of aliphatic carboxylic acids is 1. The highest BCUT2D eigenvalue weighted by atomic mass is 16.4. The van der Waals surface area contributed by atoms with Crippen LogP contribution in [-0.4, -0.2) is 63.7 Å². The first-order valence-electron chi connectivity index (χ1n) is 10.1. The Morgan fingerprint density at radius 3 is 2.45 bits per heavy atom. The molecule has 0 aliphatic rings. The SMILES string of the molecule is CCCCCC(O)C/C=C/c1nc(N(C)C)cnc1C(O)CCCC(=O)O.CO. The zero-order valence-electron chi connectivity index (χ0n) is 18.1. The number of hydrogen-bond donors (Lipinski definition) is 4. The zero-order chi connectivity index (χ0) is 22.2. The summed E-state index contributed by atoms with van der Waals surface area (Å²) in [7, 11) is 4.72. The Labute approximate surface area is 173 Å². The molecule has 2 unspecified atom stereocenters. The number of aliphatic hydroxyl groups is 3. The van der Waals surface area contributed by atoms with Crippen LogP contribution < -0.4 is 4.90 Å². The summed E-state index contributed by atoms with van der Waals surface area (Å²) in [5.41, 5.74) is 0.979. The van der Waals surface area contributed by atoms with E-state index in [1.54, 1.807) is 12.3 Å². The van der Waals surface area contributed by atoms with Crippen molar-refractivity contribution in [3.05, 3.63) is 23.7 Å². The van der Waals surface area contributed by atoms with Crippen molar-refractivity contribution in [2.45, 2.75) is 70.5 Å². The van der Waals surface area contributed by atoms with Crippen molar-refractivity contribution in [1.29, 1.82) is 0 Å². The van der Waals surface area contributed by atoms with Crippen LogP contribution in [-0.2, 0) is 4.79 Å². The Morgan fingerprint density at radius 1 is 1.17 bits per heavy atom. The summed E-state index contributed by atoms with van der Waals surface area (Å²) in [4.78, 5) is 21.3. The van der Waals surface area contributed by atoms with Gasteiger partial charge in [-0.25, -0.2) is 4.98 Å². The lowest BCUT2D eigenvalue weighted by molar-refractivity contribution is -0.137. The minimum atomic E-state index is -0.881. The normalized spacial score (nSPS) is 12.9. The number of hydrogen-bond acceptors (Lipinski definition) is 7. The molecule has 1 aromatic heterocycles. The molecule has 29 heavy (non-hydrogen) atoms. The van der Waals surface area contributed by atoms with E-state index in [0.717, 1.165) is 32.8 Å². The Hall–Kier alpha value is -2.03. The van der Waals surface area contributed by atoms with Gasteiger partial charge >= 0.3 is 5.97 Å². The molecule has 0 spiro atoms. The van der Waals surface area contributed by atoms with Crippen molar-refractivity contribution in [1.82, 2.24) is 9.97 Å². The summed E-state index contributed by atoms with van der Waals surface area (Å²) in [6.45, 7) is 2.13. The minimum Gasteiger partial charge on any atom is -0.481 e. The molecule has 1 heterocycles. The van der Waals surface area contributed by atoms with Gasteiger partial charge < -0.3 is 25.3 Å². The Balaban J connectivity index is 0.00000379. The fourth-order valence-electron chi connectivity index (χ4n) is 2.67. The molecule has 4 N–H and O–H groups in total. The van der Waals surface area contributed by atoms with Crippen LogP contribution in [0.1, 0.15) is 75.8 Å². The van der Waals surface area contributed by atoms with Gasteiger partial charge in [-0.1, -0.05) is 32.3 Å². The summed E-state index contributed by atoms with van der Waals surface area (Å²) in [6.07, 6.45) is 9.18. The number of carbonyl (C=O) groups is 1. The molecule has 0 radical (unpaired) electrons. The number of nitrogens with zero attached hydrogens (tertiary/aromatic N) is 3. The first-order valence-corrected chi connectivity index (χ1v) is 10.1. The van der Waals surface area contributed by atoms with Crippen LogP contribution in [0.4, 0.5) is 5.82 Å². The maximum atomic E-state index is 10.7. The third-order valence-electron chi connectivity index (χ3n) is 4.28. The second-order valence-electron chi connectivity index (χ2n) is 6.98. The lowest BCUT2D eigenvalue weighted by Gasteiger charge is -2.16. The van der Waals surface area contributed by atoms with Gasteiger partial charge in [-0.15, -0.1) is 0 Å². The van der Waals surface area contributed by atoms with Gasteiger partial charge in [0.05, 0.1) is 29.8 Å². The molecule has 166 valence electrons. The molecule has 8 heteroatoms. The van der Waals surface area contributed by atoms with Crippen LogP contribution in [0.5, 0.6) is 0 Å². The summed E-state index contributed by atoms with van der Waals surface area (Å²) in [5, 5.41) is 36.2. The largest absolute Gasteiger partial charge is 0.481 e. The maximum Gasteiger partial charge on any atom is 0.303 e. The third-order valence-corrected chi connectivity index (χ3v) is 4.28. The van der Waals surface area contributed by atoms with Crippen LogP contribution in [0.3, 0.4) is 0 Å². The lowest BCUT2D eigenvalue weighted by atomic mass is 10.1. The fraction of sp³-hybridized carbons (Fsp3) is 0.667. The van der Waals surface area contributed by atoms with Crippen molar-refractivity contribution in [3.63, 3.8) is 0 Å². The van der Waals surface area contributed by atoms with Gasteiger partial charge in [-0.2, -0.15) is 0 Å². The molecule has 0 saturated heterocycles. The predicted octanol–water partition coefficient (Wildman–Crippen LogP) is 2.78. The number of aliphatic hydroxyl groups excluding tert-OH is 3. The van der Waals surface area contributed by atoms with Crippen LogP contribution in [0, 0.1) is 0 Å². The van der Waals surface area contributed by atoms with Gasteiger partial charge in [0.25, 0.3) is 0 Å². The highest BCUT2D eigenvalue weighted by Crippen LogP contribution is 2.23. The van der Waals surface area contributed by atoms with Crippen molar-refractivity contribution in [2.24, 2.45) is 0 Å². The molecular formula is C21H37N3O5. The smallest absolute Gasteiger partial charge is 0.303 e. The topological polar surface area (TPSA) is 127 Å². The van der Waals surface area contributed by atoms with E-state index in [0.29, 0.717) is 36.5 Å². The fourth-order valence-corrected chi connectivity index (χ4v) is 2.67. The number of rotatable bonds is 13. The van der Waals surface area contributed by atoms with Gasteiger partial charge in [-0.05, 0) is 31.8 Å². The number of carboxylic acids is 1. The number of aromatic nitrogens is 2. The van der Waals surface area contributed by atoms with E-state index in [1.165, 1.54) is 0 Å². The maximum absolute atomic E-state index is 10.7. The van der Waals surface area contributed by atoms with Gasteiger partial charge in [0.1, 0.15) is 5.82 Å². The zero-order valence-corrected chi connectivity index (χ0v) is 18.1. The van der Waals surface area contributed by atoms with E-state index in [-0.39, 0.29) is 12.5 Å². The summed E-state index contributed by atoms with van der Waals surface area (Å²) in [6, 6.07) is 0. The van der Waals surface area contributed by atoms with Gasteiger partial charge in [-0.3, -0.25) is 9.78 Å². The lowest BCUT2D eigenvalue weighted by Crippen LogP contribution is -2.14. The first kappa shape index (κ1) is 27.0. The molecular weight excluding hydrogens is 374 g/mol. The molecule has 0 aliphatic heterocycles. The average molecular weight is 412 g/mol. The van der Waals surface area contributed by atoms with Crippen molar-refractivity contribution in [3.8, 4) is 0 Å². The number of anilines is 1. The molecule has 8 nitrogen and oxygen atoms in total. The molecule has 0 bridgehead atoms.